The van der Waals surface area contributed by atoms with Gasteiger partial charge in [0.15, 0.2) is 0 Å². The molecule has 1 aromatic rings. The molecule has 1 aromatic heterocycles. The lowest BCUT2D eigenvalue weighted by Gasteiger charge is -1.95. The standard InChI is InChI=1S/C8H5N3S/c1-2-12-8-5(1)9-3-6-7(8)11-4-10-6/h1,3-4H,2H2. The summed E-state index contributed by atoms with van der Waals surface area (Å²) in [6, 6.07) is 0. The van der Waals surface area contributed by atoms with Crippen LogP contribution in [0.25, 0.3) is 6.08 Å². The van der Waals surface area contributed by atoms with Crippen LogP contribution in [-0.4, -0.2) is 17.1 Å². The topological polar surface area (TPSA) is 37.6 Å². The monoisotopic (exact) mass is 175 g/mol. The highest BCUT2D eigenvalue weighted by Crippen LogP contribution is 2.26. The summed E-state index contributed by atoms with van der Waals surface area (Å²) in [5.74, 6) is 1.01. The molecule has 0 fully saturated rings. The average molecular weight is 175 g/mol. The molecule has 0 N–H and O–H groups in total. The summed E-state index contributed by atoms with van der Waals surface area (Å²) in [7, 11) is 0. The third kappa shape index (κ3) is 0.701. The van der Waals surface area contributed by atoms with Crippen molar-refractivity contribution < 1.29 is 0 Å². The van der Waals surface area contributed by atoms with Gasteiger partial charge < -0.3 is 0 Å². The minimum absolute atomic E-state index is 0.900. The van der Waals surface area contributed by atoms with E-state index in [1.807, 2.05) is 0 Å². The maximum Gasteiger partial charge on any atom is 0.117 e. The zero-order valence-electron chi connectivity index (χ0n) is 6.19. The zero-order chi connectivity index (χ0) is 7.97. The first kappa shape index (κ1) is 6.37. The van der Waals surface area contributed by atoms with Gasteiger partial charge in [-0.2, -0.15) is 0 Å². The molecule has 2 aliphatic rings. The molecule has 0 saturated heterocycles. The van der Waals surface area contributed by atoms with Crippen molar-refractivity contribution >= 4 is 29.9 Å². The smallest absolute Gasteiger partial charge is 0.117 e. The lowest BCUT2D eigenvalue weighted by atomic mass is 10.3. The van der Waals surface area contributed by atoms with Crippen LogP contribution >= 0.6 is 11.8 Å². The second-order valence-corrected chi connectivity index (χ2v) is 3.63. The Morgan fingerprint density at radius 1 is 1.42 bits per heavy atom. The first-order valence-electron chi connectivity index (χ1n) is 3.67. The van der Waals surface area contributed by atoms with Crippen LogP contribution in [0.3, 0.4) is 0 Å². The molecule has 12 heavy (non-hydrogen) atoms. The van der Waals surface area contributed by atoms with Gasteiger partial charge >= 0.3 is 0 Å². The number of aliphatic imine (C=N–C) groups is 1. The molecule has 0 saturated carbocycles. The number of fused-ring (bicyclic) bond motifs is 3. The SMILES string of the molecule is C1=Nc2c3c(ncc2=N1)=CCS3. The molecule has 0 atom stereocenters. The molecule has 0 spiro atoms. The maximum absolute atomic E-state index is 4.28. The number of hydrogen-bond donors (Lipinski definition) is 0. The van der Waals surface area contributed by atoms with Crippen molar-refractivity contribution in [2.24, 2.45) is 9.98 Å². The van der Waals surface area contributed by atoms with E-state index in [-0.39, 0.29) is 0 Å². The summed E-state index contributed by atoms with van der Waals surface area (Å²) < 4.78 is 0. The Morgan fingerprint density at radius 2 is 2.42 bits per heavy atom. The molecule has 0 aromatic carbocycles. The van der Waals surface area contributed by atoms with Crippen LogP contribution in [0.15, 0.2) is 21.1 Å². The van der Waals surface area contributed by atoms with Crippen LogP contribution < -0.4 is 10.7 Å². The third-order valence-electron chi connectivity index (χ3n) is 1.90. The minimum Gasteiger partial charge on any atom is -0.254 e. The van der Waals surface area contributed by atoms with Gasteiger partial charge in [-0.05, 0) is 6.08 Å². The highest BCUT2D eigenvalue weighted by atomic mass is 32.2. The largest absolute Gasteiger partial charge is 0.254 e. The van der Waals surface area contributed by atoms with Crippen LogP contribution in [0, 0.1) is 0 Å². The second-order valence-electron chi connectivity index (χ2n) is 2.60. The summed E-state index contributed by atoms with van der Waals surface area (Å²) in [6.45, 7) is 0. The number of pyridine rings is 1. The molecule has 4 heteroatoms. The molecule has 58 valence electrons. The van der Waals surface area contributed by atoms with Gasteiger partial charge in [0.2, 0.25) is 0 Å². The van der Waals surface area contributed by atoms with Crippen molar-refractivity contribution in [1.82, 2.24) is 4.98 Å². The average Bonchev–Trinajstić information content (AvgIpc) is 2.71. The quantitative estimate of drug-likeness (QED) is 0.567. The first-order chi connectivity index (χ1) is 5.95. The molecule has 0 radical (unpaired) electrons. The molecule has 3 nitrogen and oxygen atoms in total. The Hall–Kier alpha value is -1.16. The molecule has 2 aliphatic heterocycles. The number of thioether (sulfide) groups is 1. The Labute approximate surface area is 73.0 Å². The number of nitrogens with zero attached hydrogens (tertiary/aromatic N) is 3. The summed E-state index contributed by atoms with van der Waals surface area (Å²) in [6.07, 6.45) is 5.49. The normalized spacial score (nSPS) is 16.7. The van der Waals surface area contributed by atoms with Gasteiger partial charge in [0.05, 0.1) is 16.4 Å². The van der Waals surface area contributed by atoms with Crippen molar-refractivity contribution in [3.63, 3.8) is 0 Å². The van der Waals surface area contributed by atoms with Crippen molar-refractivity contribution in [2.75, 3.05) is 5.75 Å². The zero-order valence-corrected chi connectivity index (χ0v) is 7.01. The first-order valence-corrected chi connectivity index (χ1v) is 4.66. The van der Waals surface area contributed by atoms with Crippen molar-refractivity contribution in [2.45, 2.75) is 4.90 Å². The third-order valence-corrected chi connectivity index (χ3v) is 2.93. The van der Waals surface area contributed by atoms with Crippen LogP contribution in [0.2, 0.25) is 0 Å². The van der Waals surface area contributed by atoms with E-state index in [9.17, 15) is 0 Å². The molecule has 3 rings (SSSR count). The van der Waals surface area contributed by atoms with Crippen LogP contribution in [0.5, 0.6) is 0 Å². The molecule has 0 bridgehead atoms. The predicted octanol–water partition coefficient (Wildman–Crippen LogP) is 0.261. The van der Waals surface area contributed by atoms with Gasteiger partial charge in [-0.3, -0.25) is 4.98 Å². The van der Waals surface area contributed by atoms with E-state index in [1.165, 1.54) is 4.90 Å². The van der Waals surface area contributed by atoms with Gasteiger partial charge in [-0.15, -0.1) is 11.8 Å². The van der Waals surface area contributed by atoms with Crippen molar-refractivity contribution in [3.05, 3.63) is 16.9 Å². The Balaban J connectivity index is 2.50. The Kier molecular flexibility index (Phi) is 1.15. The fraction of sp³-hybridized carbons (Fsp3) is 0.125. The van der Waals surface area contributed by atoms with E-state index < -0.39 is 0 Å². The van der Waals surface area contributed by atoms with E-state index >= 15 is 0 Å². The van der Waals surface area contributed by atoms with E-state index in [2.05, 4.69) is 21.0 Å². The van der Waals surface area contributed by atoms with E-state index in [4.69, 9.17) is 0 Å². The second kappa shape index (κ2) is 2.17. The van der Waals surface area contributed by atoms with Gasteiger partial charge in [-0.25, -0.2) is 9.98 Å². The van der Waals surface area contributed by atoms with Gasteiger partial charge in [0, 0.05) is 5.75 Å². The predicted molar refractivity (Wildman–Crippen MR) is 48.4 cm³/mol. The number of aromatic nitrogens is 1. The molecule has 0 aliphatic carbocycles. The highest BCUT2D eigenvalue weighted by Gasteiger charge is 2.13. The Bertz CT molecular complexity index is 490. The van der Waals surface area contributed by atoms with Crippen LogP contribution in [-0.2, 0) is 0 Å². The fourth-order valence-corrected chi connectivity index (χ4v) is 2.33. The van der Waals surface area contributed by atoms with E-state index in [0.717, 1.165) is 22.1 Å². The van der Waals surface area contributed by atoms with E-state index in [0.29, 0.717) is 0 Å². The number of rotatable bonds is 0. The van der Waals surface area contributed by atoms with Crippen LogP contribution in [0.4, 0.5) is 5.69 Å². The minimum atomic E-state index is 0.900. The maximum atomic E-state index is 4.28. The fourth-order valence-electron chi connectivity index (χ4n) is 1.35. The highest BCUT2D eigenvalue weighted by molar-refractivity contribution is 8.00. The summed E-state index contributed by atoms with van der Waals surface area (Å²) in [5, 5.41) is 1.96. The summed E-state index contributed by atoms with van der Waals surface area (Å²) in [4.78, 5) is 13.8. The van der Waals surface area contributed by atoms with Gasteiger partial charge in [0.25, 0.3) is 0 Å². The van der Waals surface area contributed by atoms with Crippen LogP contribution in [0.1, 0.15) is 0 Å². The summed E-state index contributed by atoms with van der Waals surface area (Å²) >= 11 is 1.78. The molecule has 0 amide bonds. The Morgan fingerprint density at radius 3 is 3.42 bits per heavy atom. The lowest BCUT2D eigenvalue weighted by molar-refractivity contribution is 1.13. The van der Waals surface area contributed by atoms with E-state index in [1.54, 1.807) is 24.3 Å². The molecule has 3 heterocycles. The van der Waals surface area contributed by atoms with Gasteiger partial charge in [0.1, 0.15) is 17.4 Å². The molecule has 0 unspecified atom stereocenters. The van der Waals surface area contributed by atoms with Gasteiger partial charge in [-0.1, -0.05) is 0 Å². The van der Waals surface area contributed by atoms with Crippen molar-refractivity contribution in [3.8, 4) is 0 Å². The lowest BCUT2D eigenvalue weighted by Crippen LogP contribution is -2.13. The molecular formula is C8H5N3S. The molecular weight excluding hydrogens is 170 g/mol. The summed E-state index contributed by atoms with van der Waals surface area (Å²) in [5.41, 5.74) is 0.999. The van der Waals surface area contributed by atoms with Crippen molar-refractivity contribution in [1.29, 1.82) is 0 Å². The number of hydrogen-bond acceptors (Lipinski definition) is 4.